The van der Waals surface area contributed by atoms with Crippen LogP contribution < -0.4 is 10.2 Å². The average Bonchev–Trinajstić information content (AvgIpc) is 3.20. The van der Waals surface area contributed by atoms with Gasteiger partial charge in [-0.15, -0.1) is 11.8 Å². The summed E-state index contributed by atoms with van der Waals surface area (Å²) >= 11 is 1.61. The van der Waals surface area contributed by atoms with Crippen LogP contribution in [0.5, 0.6) is 0 Å². The molecule has 1 heterocycles. The number of rotatable bonds is 5. The lowest BCUT2D eigenvalue weighted by Gasteiger charge is -2.25. The van der Waals surface area contributed by atoms with Crippen LogP contribution in [0.25, 0.3) is 0 Å². The Bertz CT molecular complexity index is 1180. The molecule has 1 atom stereocenters. The van der Waals surface area contributed by atoms with Gasteiger partial charge in [0.25, 0.3) is 5.91 Å². The molecule has 0 spiro atoms. The van der Waals surface area contributed by atoms with E-state index in [4.69, 9.17) is 0 Å². The van der Waals surface area contributed by atoms with E-state index in [2.05, 4.69) is 52.1 Å². The fraction of sp³-hybridized carbons (Fsp3) is 0.310. The Morgan fingerprint density at radius 1 is 1.00 bits per heavy atom. The molecule has 0 aliphatic carbocycles. The second kappa shape index (κ2) is 9.67. The first-order valence-electron chi connectivity index (χ1n) is 11.7. The molecule has 1 aliphatic rings. The zero-order chi connectivity index (χ0) is 24.5. The first-order chi connectivity index (χ1) is 16.1. The number of benzene rings is 3. The molecule has 2 amide bonds. The molecule has 34 heavy (non-hydrogen) atoms. The molecule has 5 heteroatoms. The highest BCUT2D eigenvalue weighted by atomic mass is 32.2. The molecule has 0 aromatic heterocycles. The Labute approximate surface area is 206 Å². The van der Waals surface area contributed by atoms with E-state index in [1.54, 1.807) is 11.8 Å². The third kappa shape index (κ3) is 5.20. The number of nitrogens with one attached hydrogen (secondary N) is 1. The number of amides is 2. The minimum absolute atomic E-state index is 0.0424. The van der Waals surface area contributed by atoms with E-state index in [9.17, 15) is 9.59 Å². The molecule has 3 aromatic rings. The second-order valence-electron chi connectivity index (χ2n) is 10.1. The molecule has 0 bridgehead atoms. The Hall–Kier alpha value is -3.05. The lowest BCUT2D eigenvalue weighted by atomic mass is 9.87. The summed E-state index contributed by atoms with van der Waals surface area (Å²) in [6.07, 6.45) is 0. The lowest BCUT2D eigenvalue weighted by Crippen LogP contribution is -2.27. The maximum absolute atomic E-state index is 12.9. The molecule has 0 radical (unpaired) electrons. The number of anilines is 2. The summed E-state index contributed by atoms with van der Waals surface area (Å²) in [7, 11) is 0. The van der Waals surface area contributed by atoms with E-state index in [1.807, 2.05) is 65.6 Å². The Morgan fingerprint density at radius 2 is 1.68 bits per heavy atom. The smallest absolute Gasteiger partial charge is 0.255 e. The molecule has 1 saturated heterocycles. The van der Waals surface area contributed by atoms with E-state index in [1.165, 1.54) is 11.1 Å². The van der Waals surface area contributed by atoms with Gasteiger partial charge in [0.15, 0.2) is 0 Å². The Morgan fingerprint density at radius 3 is 2.29 bits per heavy atom. The van der Waals surface area contributed by atoms with E-state index in [-0.39, 0.29) is 22.6 Å². The number of thioether (sulfide) groups is 1. The van der Waals surface area contributed by atoms with Gasteiger partial charge in [0, 0.05) is 16.9 Å². The second-order valence-corrected chi connectivity index (χ2v) is 11.1. The van der Waals surface area contributed by atoms with Crippen molar-refractivity contribution in [3.05, 3.63) is 95.1 Å². The fourth-order valence-corrected chi connectivity index (χ4v) is 5.23. The van der Waals surface area contributed by atoms with Crippen molar-refractivity contribution in [3.8, 4) is 0 Å². The zero-order valence-corrected chi connectivity index (χ0v) is 21.3. The van der Waals surface area contributed by atoms with Crippen LogP contribution in [-0.4, -0.2) is 17.6 Å². The summed E-state index contributed by atoms with van der Waals surface area (Å²) in [5.41, 5.74) is 5.71. The highest BCUT2D eigenvalue weighted by Crippen LogP contribution is 2.42. The van der Waals surface area contributed by atoms with Gasteiger partial charge in [-0.25, -0.2) is 0 Å². The first kappa shape index (κ1) is 24.1. The minimum atomic E-state index is -0.145. The van der Waals surface area contributed by atoms with Crippen molar-refractivity contribution in [2.24, 2.45) is 0 Å². The van der Waals surface area contributed by atoms with Gasteiger partial charge >= 0.3 is 0 Å². The molecule has 1 fully saturated rings. The summed E-state index contributed by atoms with van der Waals surface area (Å²) < 4.78 is 0. The molecule has 4 rings (SSSR count). The van der Waals surface area contributed by atoms with E-state index in [0.29, 0.717) is 17.2 Å². The summed E-state index contributed by atoms with van der Waals surface area (Å²) in [5, 5.41) is 2.89. The predicted molar refractivity (Wildman–Crippen MR) is 143 cm³/mol. The van der Waals surface area contributed by atoms with Gasteiger partial charge < -0.3 is 5.32 Å². The van der Waals surface area contributed by atoms with Crippen molar-refractivity contribution >= 4 is 35.0 Å². The monoisotopic (exact) mass is 472 g/mol. The molecule has 1 aliphatic heterocycles. The minimum Gasteiger partial charge on any atom is -0.322 e. The SMILES string of the molecule is CC(C)c1ccc(N2C(=O)CS[C@@H]2c2cccc(NC(=O)c3ccc(C(C)(C)C)cc3)c2)cc1. The van der Waals surface area contributed by atoms with E-state index in [0.717, 1.165) is 16.9 Å². The topological polar surface area (TPSA) is 49.4 Å². The summed E-state index contributed by atoms with van der Waals surface area (Å²) in [6, 6.07) is 23.8. The van der Waals surface area contributed by atoms with Crippen molar-refractivity contribution < 1.29 is 9.59 Å². The van der Waals surface area contributed by atoms with Crippen LogP contribution >= 0.6 is 11.8 Å². The molecule has 0 saturated carbocycles. The van der Waals surface area contributed by atoms with Crippen LogP contribution in [0.2, 0.25) is 0 Å². The van der Waals surface area contributed by atoms with Gasteiger partial charge in [-0.05, 0) is 64.4 Å². The maximum atomic E-state index is 12.9. The zero-order valence-electron chi connectivity index (χ0n) is 20.5. The van der Waals surface area contributed by atoms with Crippen molar-refractivity contribution in [3.63, 3.8) is 0 Å². The molecule has 176 valence electrons. The Kier molecular flexibility index (Phi) is 6.85. The van der Waals surface area contributed by atoms with Crippen LogP contribution in [0, 0.1) is 0 Å². The van der Waals surface area contributed by atoms with Crippen molar-refractivity contribution in [2.75, 3.05) is 16.0 Å². The normalized spacial score (nSPS) is 16.2. The van der Waals surface area contributed by atoms with Gasteiger partial charge in [-0.2, -0.15) is 0 Å². The number of carbonyl (C=O) groups excluding carboxylic acids is 2. The van der Waals surface area contributed by atoms with Crippen LogP contribution in [0.15, 0.2) is 72.8 Å². The fourth-order valence-electron chi connectivity index (χ4n) is 4.06. The van der Waals surface area contributed by atoms with Gasteiger partial charge in [0.05, 0.1) is 5.75 Å². The number of nitrogens with zero attached hydrogens (tertiary/aromatic N) is 1. The molecule has 0 unspecified atom stereocenters. The third-order valence-corrected chi connectivity index (χ3v) is 7.36. The van der Waals surface area contributed by atoms with Gasteiger partial charge in [0.2, 0.25) is 5.91 Å². The van der Waals surface area contributed by atoms with Gasteiger partial charge in [-0.1, -0.05) is 71.0 Å². The maximum Gasteiger partial charge on any atom is 0.255 e. The van der Waals surface area contributed by atoms with Crippen molar-refractivity contribution in [1.29, 1.82) is 0 Å². The summed E-state index contributed by atoms with van der Waals surface area (Å²) in [6.45, 7) is 10.8. The van der Waals surface area contributed by atoms with Crippen LogP contribution in [0.3, 0.4) is 0 Å². The van der Waals surface area contributed by atoms with Crippen LogP contribution in [-0.2, 0) is 10.2 Å². The highest BCUT2D eigenvalue weighted by molar-refractivity contribution is 8.00. The van der Waals surface area contributed by atoms with Crippen molar-refractivity contribution in [2.45, 2.75) is 51.3 Å². The standard InChI is InChI=1S/C29H32N2O2S/c1-19(2)20-11-15-25(16-12-20)31-26(32)18-34-28(31)22-7-6-8-24(17-22)30-27(33)21-9-13-23(14-10-21)29(3,4)5/h6-17,19,28H,18H2,1-5H3,(H,30,33)/t28-/m1/s1. The molecular weight excluding hydrogens is 440 g/mol. The lowest BCUT2D eigenvalue weighted by molar-refractivity contribution is -0.115. The molecule has 1 N–H and O–H groups in total. The van der Waals surface area contributed by atoms with E-state index < -0.39 is 0 Å². The van der Waals surface area contributed by atoms with E-state index >= 15 is 0 Å². The van der Waals surface area contributed by atoms with Gasteiger partial charge in [-0.3, -0.25) is 14.5 Å². The summed E-state index contributed by atoms with van der Waals surface area (Å²) in [4.78, 5) is 27.5. The number of hydrogen-bond acceptors (Lipinski definition) is 3. The third-order valence-electron chi connectivity index (χ3n) is 6.15. The number of carbonyl (C=O) groups is 2. The van der Waals surface area contributed by atoms with Crippen molar-refractivity contribution in [1.82, 2.24) is 0 Å². The van der Waals surface area contributed by atoms with Crippen LogP contribution in [0.1, 0.15) is 73.0 Å². The first-order valence-corrected chi connectivity index (χ1v) is 12.7. The Balaban J connectivity index is 1.53. The van der Waals surface area contributed by atoms with Gasteiger partial charge in [0.1, 0.15) is 5.37 Å². The quantitative estimate of drug-likeness (QED) is 0.429. The summed E-state index contributed by atoms with van der Waals surface area (Å²) in [5.74, 6) is 0.834. The predicted octanol–water partition coefficient (Wildman–Crippen LogP) is 7.14. The molecular formula is C29H32N2O2S. The number of hydrogen-bond donors (Lipinski definition) is 1. The van der Waals surface area contributed by atoms with Crippen LogP contribution in [0.4, 0.5) is 11.4 Å². The largest absolute Gasteiger partial charge is 0.322 e. The molecule has 4 nitrogen and oxygen atoms in total. The highest BCUT2D eigenvalue weighted by Gasteiger charge is 2.34. The average molecular weight is 473 g/mol. The molecule has 3 aromatic carbocycles.